The number of para-hydroxylation sites is 2. The molecule has 0 radical (unpaired) electrons. The molecule has 33 heavy (non-hydrogen) atoms. The van der Waals surface area contributed by atoms with Crippen LogP contribution in [0.15, 0.2) is 95.5 Å². The van der Waals surface area contributed by atoms with Gasteiger partial charge >= 0.3 is 0 Å². The van der Waals surface area contributed by atoms with Crippen LogP contribution in [0.25, 0.3) is 21.8 Å². The largest absolute Gasteiger partial charge is 0.352 e. The van der Waals surface area contributed by atoms with Gasteiger partial charge < -0.3 is 9.88 Å². The van der Waals surface area contributed by atoms with Crippen molar-refractivity contribution in [1.29, 1.82) is 0 Å². The number of imidazole rings is 1. The van der Waals surface area contributed by atoms with E-state index in [-0.39, 0.29) is 5.91 Å². The third kappa shape index (κ3) is 4.69. The lowest BCUT2D eigenvalue weighted by Crippen LogP contribution is -2.25. The summed E-state index contributed by atoms with van der Waals surface area (Å²) < 4.78 is 3.21. The van der Waals surface area contributed by atoms with Gasteiger partial charge in [-0.05, 0) is 53.1 Å². The number of nitrogens with one attached hydrogen (secondary N) is 1. The van der Waals surface area contributed by atoms with Crippen molar-refractivity contribution in [1.82, 2.24) is 14.9 Å². The van der Waals surface area contributed by atoms with Crippen molar-refractivity contribution in [3.05, 3.63) is 112 Å². The van der Waals surface area contributed by atoms with Crippen LogP contribution in [0.1, 0.15) is 28.2 Å². The van der Waals surface area contributed by atoms with Crippen LogP contribution in [0.2, 0.25) is 0 Å². The number of benzene rings is 4. The second-order valence-electron chi connectivity index (χ2n) is 8.11. The third-order valence-corrected chi connectivity index (χ3v) is 6.38. The first-order chi connectivity index (χ1) is 16.2. The predicted octanol–water partition coefficient (Wildman–Crippen LogP) is 6.36. The van der Waals surface area contributed by atoms with Crippen LogP contribution in [0, 0.1) is 0 Å². The molecular formula is C28H24BrN3O. The number of hydrogen-bond donors (Lipinski definition) is 1. The minimum absolute atomic E-state index is 0.0550. The van der Waals surface area contributed by atoms with E-state index in [4.69, 9.17) is 4.98 Å². The molecule has 0 aliphatic carbocycles. The van der Waals surface area contributed by atoms with Crippen molar-refractivity contribution in [3.63, 3.8) is 0 Å². The highest BCUT2D eigenvalue weighted by molar-refractivity contribution is 9.10. The molecule has 0 atom stereocenters. The summed E-state index contributed by atoms with van der Waals surface area (Å²) in [6.45, 7) is 1.37. The maximum atomic E-state index is 12.4. The van der Waals surface area contributed by atoms with Crippen LogP contribution in [-0.2, 0) is 13.0 Å². The standard InChI is InChI=1S/C28H24BrN3O/c29-23-12-6-10-21(18-23)28(33)30-17-7-16-27-31-25-14-3-4-15-26(25)32(27)19-22-11-5-9-20-8-1-2-13-24(20)22/h1-6,8-15,18H,7,16-17,19H2,(H,30,33). The van der Waals surface area contributed by atoms with Gasteiger partial charge in [-0.15, -0.1) is 0 Å². The van der Waals surface area contributed by atoms with Crippen LogP contribution in [-0.4, -0.2) is 22.0 Å². The molecule has 5 heteroatoms. The molecule has 4 aromatic carbocycles. The highest BCUT2D eigenvalue weighted by Gasteiger charge is 2.13. The lowest BCUT2D eigenvalue weighted by molar-refractivity contribution is 0.0953. The van der Waals surface area contributed by atoms with E-state index in [1.54, 1.807) is 0 Å². The van der Waals surface area contributed by atoms with Crippen LogP contribution >= 0.6 is 15.9 Å². The first-order valence-electron chi connectivity index (χ1n) is 11.1. The number of aryl methyl sites for hydroxylation is 1. The first kappa shape index (κ1) is 21.4. The Morgan fingerprint density at radius 3 is 2.61 bits per heavy atom. The Morgan fingerprint density at radius 2 is 1.70 bits per heavy atom. The predicted molar refractivity (Wildman–Crippen MR) is 138 cm³/mol. The minimum Gasteiger partial charge on any atom is -0.352 e. The second kappa shape index (κ2) is 9.59. The summed E-state index contributed by atoms with van der Waals surface area (Å²) in [5.74, 6) is 0.987. The van der Waals surface area contributed by atoms with E-state index in [1.807, 2.05) is 30.3 Å². The molecular weight excluding hydrogens is 474 g/mol. The summed E-state index contributed by atoms with van der Waals surface area (Å²) in [5, 5.41) is 5.54. The molecule has 4 nitrogen and oxygen atoms in total. The average molecular weight is 498 g/mol. The Morgan fingerprint density at radius 1 is 0.909 bits per heavy atom. The molecule has 1 heterocycles. The quantitative estimate of drug-likeness (QED) is 0.266. The molecule has 5 rings (SSSR count). The van der Waals surface area contributed by atoms with Crippen LogP contribution in [0.4, 0.5) is 0 Å². The summed E-state index contributed by atoms with van der Waals surface area (Å²) in [6, 6.07) is 30.7. The summed E-state index contributed by atoms with van der Waals surface area (Å²) >= 11 is 3.42. The Labute approximate surface area is 201 Å². The highest BCUT2D eigenvalue weighted by atomic mass is 79.9. The number of carbonyl (C=O) groups is 1. The zero-order chi connectivity index (χ0) is 22.6. The third-order valence-electron chi connectivity index (χ3n) is 5.89. The molecule has 1 N–H and O–H groups in total. The van der Waals surface area contributed by atoms with E-state index < -0.39 is 0 Å². The molecule has 0 fully saturated rings. The summed E-state index contributed by atoms with van der Waals surface area (Å²) in [5.41, 5.74) is 4.08. The smallest absolute Gasteiger partial charge is 0.251 e. The van der Waals surface area contributed by atoms with Crippen LogP contribution < -0.4 is 5.32 Å². The number of amides is 1. The monoisotopic (exact) mass is 497 g/mol. The van der Waals surface area contributed by atoms with Crippen molar-refractivity contribution in [2.24, 2.45) is 0 Å². The second-order valence-corrected chi connectivity index (χ2v) is 9.03. The van der Waals surface area contributed by atoms with Gasteiger partial charge in [0.2, 0.25) is 0 Å². The topological polar surface area (TPSA) is 46.9 Å². The first-order valence-corrected chi connectivity index (χ1v) is 11.9. The fraction of sp³-hybridized carbons (Fsp3) is 0.143. The highest BCUT2D eigenvalue weighted by Crippen LogP contribution is 2.23. The van der Waals surface area contributed by atoms with Crippen LogP contribution in [0.5, 0.6) is 0 Å². The number of rotatable bonds is 7. The molecule has 0 bridgehead atoms. The SMILES string of the molecule is O=C(NCCCc1nc2ccccc2n1Cc1cccc2ccccc12)c1cccc(Br)c1. The summed E-state index contributed by atoms with van der Waals surface area (Å²) in [7, 11) is 0. The number of carbonyl (C=O) groups excluding carboxylic acids is 1. The Bertz CT molecular complexity index is 1430. The average Bonchev–Trinajstić information content (AvgIpc) is 3.19. The molecule has 1 amide bonds. The lowest BCUT2D eigenvalue weighted by Gasteiger charge is -2.12. The summed E-state index contributed by atoms with van der Waals surface area (Å²) in [4.78, 5) is 17.3. The Balaban J connectivity index is 1.34. The molecule has 0 unspecified atom stereocenters. The molecule has 0 aliphatic rings. The van der Waals surface area contributed by atoms with Crippen molar-refractivity contribution in [2.45, 2.75) is 19.4 Å². The van der Waals surface area contributed by atoms with Gasteiger partial charge in [-0.2, -0.15) is 0 Å². The zero-order valence-electron chi connectivity index (χ0n) is 18.2. The van der Waals surface area contributed by atoms with Gasteiger partial charge in [-0.25, -0.2) is 4.98 Å². The Kier molecular flexibility index (Phi) is 6.22. The van der Waals surface area contributed by atoms with Gasteiger partial charge in [-0.3, -0.25) is 4.79 Å². The van der Waals surface area contributed by atoms with Gasteiger partial charge in [0.05, 0.1) is 11.0 Å². The van der Waals surface area contributed by atoms with E-state index in [0.717, 1.165) is 40.7 Å². The van der Waals surface area contributed by atoms with Gasteiger partial charge in [0.15, 0.2) is 0 Å². The van der Waals surface area contributed by atoms with Crippen molar-refractivity contribution in [2.75, 3.05) is 6.54 Å². The number of hydrogen-bond acceptors (Lipinski definition) is 2. The number of fused-ring (bicyclic) bond motifs is 2. The fourth-order valence-corrected chi connectivity index (χ4v) is 4.67. The summed E-state index contributed by atoms with van der Waals surface area (Å²) in [6.07, 6.45) is 1.61. The number of halogens is 1. The van der Waals surface area contributed by atoms with Crippen molar-refractivity contribution < 1.29 is 4.79 Å². The zero-order valence-corrected chi connectivity index (χ0v) is 19.8. The van der Waals surface area contributed by atoms with E-state index in [9.17, 15) is 4.79 Å². The molecule has 164 valence electrons. The van der Waals surface area contributed by atoms with Crippen molar-refractivity contribution in [3.8, 4) is 0 Å². The lowest BCUT2D eigenvalue weighted by atomic mass is 10.0. The molecule has 0 spiro atoms. The van der Waals surface area contributed by atoms with E-state index in [1.165, 1.54) is 16.3 Å². The molecule has 0 aliphatic heterocycles. The Hall–Kier alpha value is -3.44. The fourth-order valence-electron chi connectivity index (χ4n) is 4.27. The molecule has 0 saturated carbocycles. The van der Waals surface area contributed by atoms with Gasteiger partial charge in [-0.1, -0.05) is 76.6 Å². The number of aromatic nitrogens is 2. The number of nitrogens with zero attached hydrogens (tertiary/aromatic N) is 2. The van der Waals surface area contributed by atoms with Crippen LogP contribution in [0.3, 0.4) is 0 Å². The van der Waals surface area contributed by atoms with E-state index >= 15 is 0 Å². The van der Waals surface area contributed by atoms with E-state index in [2.05, 4.69) is 86.5 Å². The maximum Gasteiger partial charge on any atom is 0.251 e. The van der Waals surface area contributed by atoms with Gasteiger partial charge in [0, 0.05) is 29.5 Å². The molecule has 5 aromatic rings. The van der Waals surface area contributed by atoms with E-state index in [0.29, 0.717) is 12.1 Å². The maximum absolute atomic E-state index is 12.4. The molecule has 1 aromatic heterocycles. The minimum atomic E-state index is -0.0550. The molecule has 0 saturated heterocycles. The van der Waals surface area contributed by atoms with Crippen molar-refractivity contribution >= 4 is 43.6 Å². The van der Waals surface area contributed by atoms with Gasteiger partial charge in [0.1, 0.15) is 5.82 Å². The normalized spacial score (nSPS) is 11.2. The van der Waals surface area contributed by atoms with Gasteiger partial charge in [0.25, 0.3) is 5.91 Å².